The predicted octanol–water partition coefficient (Wildman–Crippen LogP) is 5.80. The van der Waals surface area contributed by atoms with Crippen LogP contribution in [0.4, 0.5) is 0 Å². The Hall–Kier alpha value is -0.410. The monoisotopic (exact) mass is 326 g/mol. The molecule has 0 saturated carbocycles. The summed E-state index contributed by atoms with van der Waals surface area (Å²) in [6.45, 7) is 1.75. The van der Waals surface area contributed by atoms with Crippen LogP contribution >= 0.6 is 0 Å². The van der Waals surface area contributed by atoms with Crippen LogP contribution < -0.4 is 0 Å². The highest BCUT2D eigenvalue weighted by molar-refractivity contribution is 5.48. The summed E-state index contributed by atoms with van der Waals surface area (Å²) in [7, 11) is 0. The topological polar surface area (TPSA) is 35.5 Å². The maximum absolute atomic E-state index is 10.2. The van der Waals surface area contributed by atoms with E-state index in [0.717, 1.165) is 38.8 Å². The molecule has 3 nitrogen and oxygen atoms in total. The molecule has 0 aromatic heterocycles. The van der Waals surface area contributed by atoms with Gasteiger partial charge < -0.3 is 14.3 Å². The molecule has 136 valence electrons. The lowest BCUT2D eigenvalue weighted by Gasteiger charge is -2.22. The summed E-state index contributed by atoms with van der Waals surface area (Å²) in [6, 6.07) is 0. The summed E-state index contributed by atoms with van der Waals surface area (Å²) in [6.07, 6.45) is 21.1. The van der Waals surface area contributed by atoms with Gasteiger partial charge in [-0.1, -0.05) is 64.2 Å². The van der Waals surface area contributed by atoms with Gasteiger partial charge in [-0.15, -0.1) is 0 Å². The molecule has 1 heterocycles. The smallest absolute Gasteiger partial charge is 0.157 e. The second kappa shape index (κ2) is 16.4. The Labute approximate surface area is 143 Å². The Balaban J connectivity index is 1.67. The van der Waals surface area contributed by atoms with Crippen molar-refractivity contribution in [1.29, 1.82) is 0 Å². The van der Waals surface area contributed by atoms with Crippen LogP contribution in [0.5, 0.6) is 0 Å². The highest BCUT2D eigenvalue weighted by Crippen LogP contribution is 2.15. The van der Waals surface area contributed by atoms with Crippen LogP contribution in [0, 0.1) is 0 Å². The molecule has 3 heteroatoms. The van der Waals surface area contributed by atoms with Crippen molar-refractivity contribution in [3.63, 3.8) is 0 Å². The van der Waals surface area contributed by atoms with Crippen molar-refractivity contribution in [2.24, 2.45) is 0 Å². The van der Waals surface area contributed by atoms with Crippen molar-refractivity contribution in [3.8, 4) is 0 Å². The van der Waals surface area contributed by atoms with Crippen LogP contribution in [0.1, 0.15) is 103 Å². The van der Waals surface area contributed by atoms with Crippen molar-refractivity contribution in [2.75, 3.05) is 13.2 Å². The van der Waals surface area contributed by atoms with Gasteiger partial charge in [0.2, 0.25) is 0 Å². The summed E-state index contributed by atoms with van der Waals surface area (Å²) in [5, 5.41) is 0. The minimum Gasteiger partial charge on any atom is -0.353 e. The van der Waals surface area contributed by atoms with Crippen molar-refractivity contribution >= 4 is 6.29 Å². The molecule has 1 aliphatic rings. The van der Waals surface area contributed by atoms with E-state index in [-0.39, 0.29) is 6.29 Å². The molecule has 1 fully saturated rings. The van der Waals surface area contributed by atoms with Gasteiger partial charge in [0, 0.05) is 19.6 Å². The first kappa shape index (κ1) is 20.6. The second-order valence-electron chi connectivity index (χ2n) is 6.86. The minimum atomic E-state index is 0.0854. The van der Waals surface area contributed by atoms with Crippen LogP contribution in [-0.2, 0) is 14.3 Å². The average molecular weight is 327 g/mol. The molecule has 0 radical (unpaired) electrons. The van der Waals surface area contributed by atoms with E-state index in [1.165, 1.54) is 83.5 Å². The fourth-order valence-electron chi connectivity index (χ4n) is 3.15. The molecule has 0 aliphatic carbocycles. The third-order valence-electron chi connectivity index (χ3n) is 4.66. The first-order chi connectivity index (χ1) is 11.4. The largest absolute Gasteiger partial charge is 0.353 e. The number of hydrogen-bond acceptors (Lipinski definition) is 3. The lowest BCUT2D eigenvalue weighted by molar-refractivity contribution is -0.162. The zero-order valence-corrected chi connectivity index (χ0v) is 15.1. The van der Waals surface area contributed by atoms with E-state index in [1.807, 2.05) is 0 Å². The van der Waals surface area contributed by atoms with Gasteiger partial charge in [-0.3, -0.25) is 0 Å². The van der Waals surface area contributed by atoms with Crippen LogP contribution in [0.3, 0.4) is 0 Å². The third-order valence-corrected chi connectivity index (χ3v) is 4.66. The number of unbranched alkanes of at least 4 members (excludes halogenated alkanes) is 12. The van der Waals surface area contributed by atoms with E-state index >= 15 is 0 Å². The minimum absolute atomic E-state index is 0.0854. The van der Waals surface area contributed by atoms with Crippen molar-refractivity contribution in [3.05, 3.63) is 0 Å². The second-order valence-corrected chi connectivity index (χ2v) is 6.86. The van der Waals surface area contributed by atoms with Crippen LogP contribution in [-0.4, -0.2) is 25.8 Å². The number of carbonyl (C=O) groups is 1. The summed E-state index contributed by atoms with van der Waals surface area (Å²) in [5.74, 6) is 0. The van der Waals surface area contributed by atoms with E-state index in [1.54, 1.807) is 0 Å². The average Bonchev–Trinajstić information content (AvgIpc) is 2.59. The highest BCUT2D eigenvalue weighted by Gasteiger charge is 2.13. The van der Waals surface area contributed by atoms with Crippen molar-refractivity contribution in [1.82, 2.24) is 0 Å². The summed E-state index contributed by atoms with van der Waals surface area (Å²) in [5.41, 5.74) is 0. The van der Waals surface area contributed by atoms with Gasteiger partial charge in [-0.2, -0.15) is 0 Å². The number of rotatable bonds is 16. The molecular formula is C20H38O3. The van der Waals surface area contributed by atoms with Gasteiger partial charge in [-0.25, -0.2) is 0 Å². The maximum Gasteiger partial charge on any atom is 0.157 e. The van der Waals surface area contributed by atoms with Crippen LogP contribution in [0.25, 0.3) is 0 Å². The Morgan fingerprint density at radius 2 is 1.35 bits per heavy atom. The highest BCUT2D eigenvalue weighted by atomic mass is 16.7. The van der Waals surface area contributed by atoms with Crippen molar-refractivity contribution in [2.45, 2.75) is 109 Å². The molecule has 0 aromatic carbocycles. The fraction of sp³-hybridized carbons (Fsp3) is 0.950. The Morgan fingerprint density at radius 1 is 0.783 bits per heavy atom. The van der Waals surface area contributed by atoms with E-state index in [0.29, 0.717) is 0 Å². The normalized spacial score (nSPS) is 18.2. The van der Waals surface area contributed by atoms with Gasteiger partial charge in [0.05, 0.1) is 0 Å². The Bertz CT molecular complexity index is 249. The van der Waals surface area contributed by atoms with E-state index in [2.05, 4.69) is 0 Å². The van der Waals surface area contributed by atoms with E-state index in [9.17, 15) is 4.79 Å². The lowest BCUT2D eigenvalue weighted by Crippen LogP contribution is -2.22. The summed E-state index contributed by atoms with van der Waals surface area (Å²) in [4.78, 5) is 10.2. The number of ether oxygens (including phenoxy) is 2. The molecule has 1 unspecified atom stereocenters. The Kier molecular flexibility index (Phi) is 14.8. The number of aldehydes is 1. The zero-order chi connectivity index (χ0) is 16.4. The van der Waals surface area contributed by atoms with Crippen LogP contribution in [0.15, 0.2) is 0 Å². The molecule has 1 aliphatic heterocycles. The molecule has 23 heavy (non-hydrogen) atoms. The van der Waals surface area contributed by atoms with Gasteiger partial charge in [-0.05, 0) is 32.1 Å². The molecule has 0 bridgehead atoms. The molecule has 0 amide bonds. The number of carbonyl (C=O) groups excluding carboxylic acids is 1. The third kappa shape index (κ3) is 13.7. The Morgan fingerprint density at radius 3 is 1.87 bits per heavy atom. The maximum atomic E-state index is 10.2. The van der Waals surface area contributed by atoms with Crippen LogP contribution in [0.2, 0.25) is 0 Å². The van der Waals surface area contributed by atoms with Gasteiger partial charge >= 0.3 is 0 Å². The quantitative estimate of drug-likeness (QED) is 0.265. The molecular weight excluding hydrogens is 288 g/mol. The first-order valence-corrected chi connectivity index (χ1v) is 10.1. The van der Waals surface area contributed by atoms with Gasteiger partial charge in [0.15, 0.2) is 6.29 Å². The van der Waals surface area contributed by atoms with Crippen molar-refractivity contribution < 1.29 is 14.3 Å². The fourth-order valence-corrected chi connectivity index (χ4v) is 3.15. The SMILES string of the molecule is O=CCCCCCCCCCCCCCCOC1CCCCO1. The lowest BCUT2D eigenvalue weighted by atomic mass is 10.0. The molecule has 1 atom stereocenters. The molecule has 0 N–H and O–H groups in total. The summed E-state index contributed by atoms with van der Waals surface area (Å²) < 4.78 is 11.3. The van der Waals surface area contributed by atoms with E-state index < -0.39 is 0 Å². The van der Waals surface area contributed by atoms with Gasteiger partial charge in [0.1, 0.15) is 6.29 Å². The standard InChI is InChI=1S/C20H38O3/c21-17-13-10-8-6-4-2-1-3-5-7-9-11-14-18-22-20-16-12-15-19-23-20/h17,20H,1-16,18-19H2. The van der Waals surface area contributed by atoms with E-state index in [4.69, 9.17) is 9.47 Å². The molecule has 0 aromatic rings. The number of hydrogen-bond donors (Lipinski definition) is 0. The zero-order valence-electron chi connectivity index (χ0n) is 15.1. The molecule has 0 spiro atoms. The first-order valence-electron chi connectivity index (χ1n) is 10.1. The predicted molar refractivity (Wildman–Crippen MR) is 95.6 cm³/mol. The van der Waals surface area contributed by atoms with Gasteiger partial charge in [0.25, 0.3) is 0 Å². The summed E-state index contributed by atoms with van der Waals surface area (Å²) >= 11 is 0. The molecule has 1 saturated heterocycles. The molecule has 1 rings (SSSR count).